The molecule has 4 atom stereocenters. The van der Waals surface area contributed by atoms with E-state index in [1.807, 2.05) is 60.7 Å². The van der Waals surface area contributed by atoms with Gasteiger partial charge in [0, 0.05) is 24.8 Å². The SMILES string of the molecule is O=C1C2C(c3ccc(Oc4ccccc4)cc3)NC(CO)(C(=O)O)C2C(=O)N1CCNc1ccccc1. The van der Waals surface area contributed by atoms with Crippen LogP contribution in [0.3, 0.4) is 0 Å². The van der Waals surface area contributed by atoms with E-state index in [9.17, 15) is 24.6 Å². The van der Waals surface area contributed by atoms with Crippen molar-refractivity contribution in [1.29, 1.82) is 0 Å². The summed E-state index contributed by atoms with van der Waals surface area (Å²) < 4.78 is 5.83. The molecule has 4 N–H and O–H groups in total. The largest absolute Gasteiger partial charge is 0.480 e. The fourth-order valence-corrected chi connectivity index (χ4v) is 5.22. The Bertz CT molecular complexity index is 1280. The Balaban J connectivity index is 1.39. The molecule has 0 saturated carbocycles. The Morgan fingerprint density at radius 3 is 2.16 bits per heavy atom. The molecule has 190 valence electrons. The van der Waals surface area contributed by atoms with Crippen LogP contribution in [0.2, 0.25) is 0 Å². The van der Waals surface area contributed by atoms with Crippen LogP contribution in [0.5, 0.6) is 11.5 Å². The maximum atomic E-state index is 13.5. The van der Waals surface area contributed by atoms with Gasteiger partial charge in [-0.15, -0.1) is 0 Å². The van der Waals surface area contributed by atoms with Crippen molar-refractivity contribution < 1.29 is 29.3 Å². The molecule has 2 heterocycles. The van der Waals surface area contributed by atoms with Crippen molar-refractivity contribution in [3.8, 4) is 11.5 Å². The Morgan fingerprint density at radius 1 is 0.919 bits per heavy atom. The number of nitrogens with zero attached hydrogens (tertiary/aromatic N) is 1. The molecule has 0 aliphatic carbocycles. The molecule has 5 rings (SSSR count). The zero-order chi connectivity index (χ0) is 26.0. The molecule has 3 aromatic rings. The van der Waals surface area contributed by atoms with Gasteiger partial charge in [0.2, 0.25) is 11.8 Å². The summed E-state index contributed by atoms with van der Waals surface area (Å²) in [4.78, 5) is 40.4. The first-order chi connectivity index (χ1) is 17.9. The number of aliphatic carboxylic acids is 1. The maximum Gasteiger partial charge on any atom is 0.327 e. The zero-order valence-electron chi connectivity index (χ0n) is 19.9. The highest BCUT2D eigenvalue weighted by Gasteiger charge is 2.68. The van der Waals surface area contributed by atoms with Crippen LogP contribution in [0.25, 0.3) is 0 Å². The number of carboxylic acid groups (broad SMARTS) is 1. The highest BCUT2D eigenvalue weighted by molar-refractivity contribution is 6.09. The number of imide groups is 1. The van der Waals surface area contributed by atoms with E-state index in [2.05, 4.69) is 10.6 Å². The molecule has 0 aromatic heterocycles. The fourth-order valence-electron chi connectivity index (χ4n) is 5.22. The summed E-state index contributed by atoms with van der Waals surface area (Å²) in [6, 6.07) is 24.7. The van der Waals surface area contributed by atoms with Crippen LogP contribution in [0.15, 0.2) is 84.9 Å². The smallest absolute Gasteiger partial charge is 0.327 e. The van der Waals surface area contributed by atoms with Gasteiger partial charge in [-0.3, -0.25) is 24.6 Å². The summed E-state index contributed by atoms with van der Waals surface area (Å²) in [7, 11) is 0. The van der Waals surface area contributed by atoms with Crippen molar-refractivity contribution in [2.75, 3.05) is 25.0 Å². The van der Waals surface area contributed by atoms with Gasteiger partial charge in [0.05, 0.1) is 18.4 Å². The molecule has 3 aromatic carbocycles. The van der Waals surface area contributed by atoms with Gasteiger partial charge in [0.25, 0.3) is 0 Å². The van der Waals surface area contributed by atoms with E-state index in [1.165, 1.54) is 0 Å². The van der Waals surface area contributed by atoms with E-state index in [1.54, 1.807) is 24.3 Å². The molecular weight excluding hydrogens is 474 g/mol. The summed E-state index contributed by atoms with van der Waals surface area (Å²) in [5.74, 6) is -3.39. The number of carbonyl (C=O) groups excluding carboxylic acids is 2. The molecule has 2 fully saturated rings. The number of aliphatic hydroxyl groups is 1. The number of benzene rings is 3. The second-order valence-electron chi connectivity index (χ2n) is 9.17. The van der Waals surface area contributed by atoms with Crippen LogP contribution in [-0.2, 0) is 14.4 Å². The average molecular weight is 502 g/mol. The number of aliphatic hydroxyl groups excluding tert-OH is 1. The predicted octanol–water partition coefficient (Wildman–Crippen LogP) is 2.65. The number of amides is 2. The van der Waals surface area contributed by atoms with E-state index < -0.39 is 47.8 Å². The van der Waals surface area contributed by atoms with Gasteiger partial charge < -0.3 is 20.3 Å². The summed E-state index contributed by atoms with van der Waals surface area (Å²) in [5.41, 5.74) is -0.505. The van der Waals surface area contributed by atoms with Gasteiger partial charge in [-0.25, -0.2) is 0 Å². The minimum absolute atomic E-state index is 0.0806. The summed E-state index contributed by atoms with van der Waals surface area (Å²) in [6.45, 7) is -0.439. The summed E-state index contributed by atoms with van der Waals surface area (Å²) in [6.07, 6.45) is 0. The van der Waals surface area contributed by atoms with Crippen molar-refractivity contribution in [3.05, 3.63) is 90.5 Å². The van der Waals surface area contributed by atoms with Crippen LogP contribution in [0, 0.1) is 11.8 Å². The van der Waals surface area contributed by atoms with Crippen molar-refractivity contribution in [1.82, 2.24) is 10.2 Å². The molecule has 2 aliphatic rings. The van der Waals surface area contributed by atoms with Crippen molar-refractivity contribution >= 4 is 23.5 Å². The first-order valence-electron chi connectivity index (χ1n) is 12.0. The number of ether oxygens (including phenoxy) is 1. The Labute approximate surface area is 213 Å². The minimum Gasteiger partial charge on any atom is -0.480 e. The van der Waals surface area contributed by atoms with Crippen molar-refractivity contribution in [3.63, 3.8) is 0 Å². The van der Waals surface area contributed by atoms with Crippen LogP contribution >= 0.6 is 0 Å². The zero-order valence-corrected chi connectivity index (χ0v) is 19.9. The summed E-state index contributed by atoms with van der Waals surface area (Å²) in [5, 5.41) is 26.3. The molecule has 2 aliphatic heterocycles. The lowest BCUT2D eigenvalue weighted by atomic mass is 9.79. The van der Waals surface area contributed by atoms with Crippen LogP contribution in [-0.4, -0.2) is 58.1 Å². The third-order valence-electron chi connectivity index (χ3n) is 7.03. The molecule has 4 unspecified atom stereocenters. The highest BCUT2D eigenvalue weighted by Crippen LogP contribution is 2.48. The van der Waals surface area contributed by atoms with Gasteiger partial charge in [-0.2, -0.15) is 0 Å². The van der Waals surface area contributed by atoms with Crippen LogP contribution < -0.4 is 15.4 Å². The van der Waals surface area contributed by atoms with E-state index in [4.69, 9.17) is 4.74 Å². The molecule has 9 heteroatoms. The molecule has 9 nitrogen and oxygen atoms in total. The van der Waals surface area contributed by atoms with Gasteiger partial charge >= 0.3 is 5.97 Å². The number of fused-ring (bicyclic) bond motifs is 1. The van der Waals surface area contributed by atoms with E-state index >= 15 is 0 Å². The number of rotatable bonds is 9. The van der Waals surface area contributed by atoms with Crippen molar-refractivity contribution in [2.45, 2.75) is 11.6 Å². The Kier molecular flexibility index (Phi) is 6.64. The Morgan fingerprint density at radius 2 is 1.54 bits per heavy atom. The highest BCUT2D eigenvalue weighted by atomic mass is 16.5. The number of carboxylic acids is 1. The molecule has 2 amide bonds. The number of hydrogen-bond acceptors (Lipinski definition) is 7. The number of anilines is 1. The monoisotopic (exact) mass is 501 g/mol. The second-order valence-corrected chi connectivity index (χ2v) is 9.17. The quantitative estimate of drug-likeness (QED) is 0.330. The lowest BCUT2D eigenvalue weighted by Gasteiger charge is -2.29. The molecular formula is C28H27N3O6. The third kappa shape index (κ3) is 4.43. The molecule has 0 radical (unpaired) electrons. The van der Waals surface area contributed by atoms with Crippen LogP contribution in [0.1, 0.15) is 11.6 Å². The van der Waals surface area contributed by atoms with Gasteiger partial charge in [0.1, 0.15) is 11.5 Å². The first-order valence-corrected chi connectivity index (χ1v) is 12.0. The maximum absolute atomic E-state index is 13.5. The Hall–Kier alpha value is -4.21. The van der Waals surface area contributed by atoms with E-state index in [-0.39, 0.29) is 6.54 Å². The topological polar surface area (TPSA) is 128 Å². The lowest BCUT2D eigenvalue weighted by molar-refractivity contribution is -0.153. The standard InChI is InChI=1S/C28H27N3O6/c32-17-28(27(35)36)23-22(25(33)31(26(23)34)16-15-29-19-7-3-1-4-8-19)24(30-28)18-11-13-21(14-12-18)37-20-9-5-2-6-10-20/h1-14,22-24,29-30,32H,15-17H2,(H,35,36). The number of para-hydroxylation sites is 2. The third-order valence-corrected chi connectivity index (χ3v) is 7.03. The number of carbonyl (C=O) groups is 3. The van der Waals surface area contributed by atoms with Gasteiger partial charge in [-0.1, -0.05) is 48.5 Å². The normalized spacial score (nSPS) is 24.7. The molecule has 0 spiro atoms. The number of likely N-dealkylation sites (tertiary alicyclic amines) is 1. The fraction of sp³-hybridized carbons (Fsp3) is 0.250. The predicted molar refractivity (Wildman–Crippen MR) is 135 cm³/mol. The molecule has 0 bridgehead atoms. The minimum atomic E-state index is -1.97. The van der Waals surface area contributed by atoms with Crippen LogP contribution in [0.4, 0.5) is 5.69 Å². The van der Waals surface area contributed by atoms with Gasteiger partial charge in [0.15, 0.2) is 5.54 Å². The van der Waals surface area contributed by atoms with E-state index in [0.29, 0.717) is 23.6 Å². The first kappa shape index (κ1) is 24.5. The van der Waals surface area contributed by atoms with Crippen molar-refractivity contribution in [2.24, 2.45) is 11.8 Å². The van der Waals surface area contributed by atoms with E-state index in [0.717, 1.165) is 10.6 Å². The number of hydrogen-bond donors (Lipinski definition) is 4. The average Bonchev–Trinajstić information content (AvgIpc) is 3.40. The molecule has 37 heavy (non-hydrogen) atoms. The second kappa shape index (κ2) is 10.0. The molecule has 2 saturated heterocycles. The number of nitrogens with one attached hydrogen (secondary N) is 2. The summed E-state index contributed by atoms with van der Waals surface area (Å²) >= 11 is 0. The lowest BCUT2D eigenvalue weighted by Crippen LogP contribution is -2.58. The van der Waals surface area contributed by atoms with Gasteiger partial charge in [-0.05, 0) is 42.0 Å².